The zero-order chi connectivity index (χ0) is 10.1. The second-order valence-electron chi connectivity index (χ2n) is 2.80. The van der Waals surface area contributed by atoms with Crippen LogP contribution >= 0.6 is 0 Å². The van der Waals surface area contributed by atoms with Gasteiger partial charge in [-0.15, -0.1) is 0 Å². The molecule has 1 heterocycles. The van der Waals surface area contributed by atoms with Gasteiger partial charge in [0.15, 0.2) is 0 Å². The first kappa shape index (κ1) is 8.26. The second-order valence-corrected chi connectivity index (χ2v) is 2.80. The molecule has 0 radical (unpaired) electrons. The number of nitrogens with zero attached hydrogens (tertiary/aromatic N) is 2. The van der Waals surface area contributed by atoms with Gasteiger partial charge in [-0.05, 0) is 12.1 Å². The van der Waals surface area contributed by atoms with Crippen molar-refractivity contribution in [2.45, 2.75) is 0 Å². The van der Waals surface area contributed by atoms with Crippen LogP contribution in [0.3, 0.4) is 0 Å². The molecule has 0 aliphatic heterocycles. The number of carbonyl (C=O) groups is 1. The van der Waals surface area contributed by atoms with Gasteiger partial charge in [0.25, 0.3) is 5.91 Å². The van der Waals surface area contributed by atoms with Crippen LogP contribution in [0.5, 0.6) is 0 Å². The Morgan fingerprint density at radius 2 is 2.36 bits per heavy atom. The first-order chi connectivity index (χ1) is 6.72. The lowest BCUT2D eigenvalue weighted by molar-refractivity contribution is 0.100. The number of amides is 1. The standard InChI is InChI=1S/C9H6N4O/c10-3-5-1-6(9(11)14)8-7(2-5)12-4-13-8/h1-2,4H,(H2,11,14)(H,12,13). The minimum absolute atomic E-state index is 0.264. The largest absolute Gasteiger partial charge is 0.366 e. The maximum atomic E-state index is 11.0. The number of rotatable bonds is 1. The Labute approximate surface area is 79.2 Å². The van der Waals surface area contributed by atoms with Crippen molar-refractivity contribution in [3.8, 4) is 6.07 Å². The number of fused-ring (bicyclic) bond motifs is 1. The maximum absolute atomic E-state index is 11.0. The normalized spacial score (nSPS) is 9.93. The van der Waals surface area contributed by atoms with Gasteiger partial charge in [-0.3, -0.25) is 4.79 Å². The fourth-order valence-electron chi connectivity index (χ4n) is 1.30. The van der Waals surface area contributed by atoms with E-state index in [1.807, 2.05) is 6.07 Å². The molecule has 0 spiro atoms. The van der Waals surface area contributed by atoms with Crippen molar-refractivity contribution in [3.63, 3.8) is 0 Å². The van der Waals surface area contributed by atoms with Gasteiger partial charge in [0.05, 0.1) is 29.0 Å². The molecule has 1 amide bonds. The average Bonchev–Trinajstić information content (AvgIpc) is 2.63. The van der Waals surface area contributed by atoms with Gasteiger partial charge in [0.2, 0.25) is 0 Å². The van der Waals surface area contributed by atoms with Crippen LogP contribution in [0, 0.1) is 11.3 Å². The monoisotopic (exact) mass is 186 g/mol. The molecule has 14 heavy (non-hydrogen) atoms. The number of hydrogen-bond acceptors (Lipinski definition) is 3. The Morgan fingerprint density at radius 3 is 3.00 bits per heavy atom. The summed E-state index contributed by atoms with van der Waals surface area (Å²) in [5, 5.41) is 8.70. The van der Waals surface area contributed by atoms with E-state index in [1.165, 1.54) is 12.4 Å². The van der Waals surface area contributed by atoms with Crippen molar-refractivity contribution < 1.29 is 4.79 Å². The van der Waals surface area contributed by atoms with Gasteiger partial charge in [-0.25, -0.2) is 4.98 Å². The van der Waals surface area contributed by atoms with Gasteiger partial charge in [-0.2, -0.15) is 5.26 Å². The highest BCUT2D eigenvalue weighted by atomic mass is 16.1. The van der Waals surface area contributed by atoms with Crippen molar-refractivity contribution in [1.82, 2.24) is 9.97 Å². The predicted octanol–water partition coefficient (Wildman–Crippen LogP) is 0.533. The van der Waals surface area contributed by atoms with E-state index < -0.39 is 5.91 Å². The Kier molecular flexibility index (Phi) is 1.68. The van der Waals surface area contributed by atoms with Gasteiger partial charge < -0.3 is 10.7 Å². The zero-order valence-corrected chi connectivity index (χ0v) is 7.11. The number of benzene rings is 1. The van der Waals surface area contributed by atoms with E-state index in [0.717, 1.165) is 0 Å². The molecule has 1 aromatic carbocycles. The lowest BCUT2D eigenvalue weighted by Gasteiger charge is -1.97. The summed E-state index contributed by atoms with van der Waals surface area (Å²) >= 11 is 0. The van der Waals surface area contributed by atoms with Crippen molar-refractivity contribution in [2.75, 3.05) is 0 Å². The first-order valence-electron chi connectivity index (χ1n) is 3.89. The minimum atomic E-state index is -0.584. The highest BCUT2D eigenvalue weighted by Crippen LogP contribution is 2.16. The second kappa shape index (κ2) is 2.85. The molecule has 5 nitrogen and oxygen atoms in total. The van der Waals surface area contributed by atoms with Crippen molar-refractivity contribution >= 4 is 16.9 Å². The summed E-state index contributed by atoms with van der Waals surface area (Å²) in [5.41, 5.74) is 6.94. The van der Waals surface area contributed by atoms with E-state index in [1.54, 1.807) is 6.07 Å². The predicted molar refractivity (Wildman–Crippen MR) is 49.3 cm³/mol. The highest BCUT2D eigenvalue weighted by molar-refractivity contribution is 6.04. The molecular formula is C9H6N4O. The topological polar surface area (TPSA) is 95.6 Å². The van der Waals surface area contributed by atoms with E-state index in [0.29, 0.717) is 16.6 Å². The molecule has 0 aliphatic rings. The number of carbonyl (C=O) groups excluding carboxylic acids is 1. The number of primary amides is 1. The highest BCUT2D eigenvalue weighted by Gasteiger charge is 2.10. The number of nitriles is 1. The lowest BCUT2D eigenvalue weighted by atomic mass is 10.1. The average molecular weight is 186 g/mol. The molecule has 0 atom stereocenters. The maximum Gasteiger partial charge on any atom is 0.251 e. The number of aromatic nitrogens is 2. The SMILES string of the molecule is N#Cc1cc(C(N)=O)c2nc[nH]c2c1. The first-order valence-corrected chi connectivity index (χ1v) is 3.89. The number of nitrogens with two attached hydrogens (primary N) is 1. The van der Waals surface area contributed by atoms with Gasteiger partial charge in [-0.1, -0.05) is 0 Å². The third-order valence-electron chi connectivity index (χ3n) is 1.92. The van der Waals surface area contributed by atoms with Crippen LogP contribution in [-0.2, 0) is 0 Å². The molecule has 2 rings (SSSR count). The van der Waals surface area contributed by atoms with Crippen molar-refractivity contribution in [1.29, 1.82) is 5.26 Å². The lowest BCUT2D eigenvalue weighted by Crippen LogP contribution is -2.11. The molecule has 0 saturated heterocycles. The molecular weight excluding hydrogens is 180 g/mol. The van der Waals surface area contributed by atoms with E-state index >= 15 is 0 Å². The molecule has 3 N–H and O–H groups in total. The fourth-order valence-corrected chi connectivity index (χ4v) is 1.30. The quantitative estimate of drug-likeness (QED) is 0.680. The van der Waals surface area contributed by atoms with Crippen molar-refractivity contribution in [2.24, 2.45) is 5.73 Å². The fraction of sp³-hybridized carbons (Fsp3) is 0. The van der Waals surface area contributed by atoms with E-state index in [9.17, 15) is 4.79 Å². The number of aromatic amines is 1. The molecule has 0 unspecified atom stereocenters. The van der Waals surface area contributed by atoms with Gasteiger partial charge in [0.1, 0.15) is 5.52 Å². The summed E-state index contributed by atoms with van der Waals surface area (Å²) in [6.07, 6.45) is 1.46. The van der Waals surface area contributed by atoms with E-state index in [4.69, 9.17) is 11.0 Å². The van der Waals surface area contributed by atoms with Crippen LogP contribution in [-0.4, -0.2) is 15.9 Å². The van der Waals surface area contributed by atoms with Gasteiger partial charge >= 0.3 is 0 Å². The van der Waals surface area contributed by atoms with Crippen LogP contribution < -0.4 is 5.73 Å². The molecule has 2 aromatic rings. The number of H-pyrrole nitrogens is 1. The molecule has 0 aliphatic carbocycles. The smallest absolute Gasteiger partial charge is 0.251 e. The van der Waals surface area contributed by atoms with Crippen LogP contribution in [0.4, 0.5) is 0 Å². The molecule has 0 bridgehead atoms. The van der Waals surface area contributed by atoms with Crippen LogP contribution in [0.15, 0.2) is 18.5 Å². The van der Waals surface area contributed by atoms with Crippen LogP contribution in [0.1, 0.15) is 15.9 Å². The Bertz CT molecular complexity index is 549. The van der Waals surface area contributed by atoms with Gasteiger partial charge in [0, 0.05) is 0 Å². The molecule has 68 valence electrons. The van der Waals surface area contributed by atoms with E-state index in [-0.39, 0.29) is 5.56 Å². The Hall–Kier alpha value is -2.35. The van der Waals surface area contributed by atoms with E-state index in [2.05, 4.69) is 9.97 Å². The summed E-state index contributed by atoms with van der Waals surface area (Å²) in [7, 11) is 0. The molecule has 5 heteroatoms. The summed E-state index contributed by atoms with van der Waals surface area (Å²) in [5.74, 6) is -0.584. The Morgan fingerprint density at radius 1 is 1.57 bits per heavy atom. The number of hydrogen-bond donors (Lipinski definition) is 2. The summed E-state index contributed by atoms with van der Waals surface area (Å²) in [4.78, 5) is 17.8. The third-order valence-corrected chi connectivity index (χ3v) is 1.92. The van der Waals surface area contributed by atoms with Crippen molar-refractivity contribution in [3.05, 3.63) is 29.6 Å². The number of imidazole rings is 1. The third kappa shape index (κ3) is 1.10. The van der Waals surface area contributed by atoms with Crippen LogP contribution in [0.25, 0.3) is 11.0 Å². The molecule has 1 aromatic heterocycles. The number of nitrogens with one attached hydrogen (secondary N) is 1. The van der Waals surface area contributed by atoms with Crippen LogP contribution in [0.2, 0.25) is 0 Å². The summed E-state index contributed by atoms with van der Waals surface area (Å²) in [6, 6.07) is 5.00. The summed E-state index contributed by atoms with van der Waals surface area (Å²) in [6.45, 7) is 0. The Balaban J connectivity index is 2.85. The zero-order valence-electron chi connectivity index (χ0n) is 7.11. The summed E-state index contributed by atoms with van der Waals surface area (Å²) < 4.78 is 0. The molecule has 0 saturated carbocycles. The minimum Gasteiger partial charge on any atom is -0.366 e. The molecule has 0 fully saturated rings.